The van der Waals surface area contributed by atoms with E-state index in [0.29, 0.717) is 30.4 Å². The number of nitrogens with zero attached hydrogens (tertiary/aromatic N) is 3. The highest BCUT2D eigenvalue weighted by molar-refractivity contribution is 6.01. The number of nitriles is 1. The van der Waals surface area contributed by atoms with Crippen LogP contribution in [0.25, 0.3) is 0 Å². The lowest BCUT2D eigenvalue weighted by Gasteiger charge is -2.39. The number of anilines is 1. The third-order valence-corrected chi connectivity index (χ3v) is 5.36. The lowest BCUT2D eigenvalue weighted by molar-refractivity contribution is -0.384. The summed E-state index contributed by atoms with van der Waals surface area (Å²) in [5, 5.41) is 20.9. The van der Waals surface area contributed by atoms with E-state index in [0.717, 1.165) is 11.4 Å². The third-order valence-electron chi connectivity index (χ3n) is 5.36. The summed E-state index contributed by atoms with van der Waals surface area (Å²) in [5.41, 5.74) is 9.47. The topological polar surface area (TPSA) is 113 Å². The van der Waals surface area contributed by atoms with Gasteiger partial charge in [-0.25, -0.2) is 0 Å². The van der Waals surface area contributed by atoms with Crippen LogP contribution in [0.4, 0.5) is 11.4 Å². The Bertz CT molecular complexity index is 1100. The number of benzene rings is 2. The molecule has 0 amide bonds. The summed E-state index contributed by atoms with van der Waals surface area (Å²) in [4.78, 5) is 25.3. The molecule has 2 aromatic carbocycles. The van der Waals surface area contributed by atoms with Crippen LogP contribution < -0.4 is 10.6 Å². The number of hydrogen-bond acceptors (Lipinski definition) is 6. The number of non-ortho nitro benzene ring substituents is 1. The van der Waals surface area contributed by atoms with E-state index >= 15 is 0 Å². The number of carbonyl (C=O) groups is 1. The standard InChI is InChI=1S/C22H18N4O3/c23-13-17-20(14-9-11-16(12-10-14)26(28)29)21-18(7-4-8-19(21)27)25(22(17)24)15-5-2-1-3-6-15/h1-3,5-6,9-12,20H,4,7-8,24H2. The van der Waals surface area contributed by atoms with Crippen molar-refractivity contribution in [2.75, 3.05) is 4.90 Å². The van der Waals surface area contributed by atoms with E-state index in [1.165, 1.54) is 12.1 Å². The van der Waals surface area contributed by atoms with Gasteiger partial charge in [-0.05, 0) is 30.5 Å². The van der Waals surface area contributed by atoms with Crippen LogP contribution in [0.5, 0.6) is 0 Å². The molecule has 144 valence electrons. The summed E-state index contributed by atoms with van der Waals surface area (Å²) in [5.74, 6) is -0.352. The van der Waals surface area contributed by atoms with Crippen molar-refractivity contribution >= 4 is 17.2 Å². The Morgan fingerprint density at radius 2 is 1.79 bits per heavy atom. The van der Waals surface area contributed by atoms with Crippen molar-refractivity contribution in [2.45, 2.75) is 25.2 Å². The van der Waals surface area contributed by atoms with Gasteiger partial charge in [0, 0.05) is 35.5 Å². The zero-order valence-electron chi connectivity index (χ0n) is 15.5. The second-order valence-electron chi connectivity index (χ2n) is 7.00. The van der Waals surface area contributed by atoms with Gasteiger partial charge in [0.2, 0.25) is 0 Å². The van der Waals surface area contributed by atoms with Crippen molar-refractivity contribution < 1.29 is 9.72 Å². The van der Waals surface area contributed by atoms with Crippen molar-refractivity contribution in [3.05, 3.63) is 92.9 Å². The second kappa shape index (κ2) is 7.24. The molecule has 1 unspecified atom stereocenters. The van der Waals surface area contributed by atoms with Crippen molar-refractivity contribution in [2.24, 2.45) is 5.73 Å². The summed E-state index contributed by atoms with van der Waals surface area (Å²) in [7, 11) is 0. The highest BCUT2D eigenvalue weighted by Gasteiger charge is 2.40. The van der Waals surface area contributed by atoms with Crippen molar-refractivity contribution in [1.29, 1.82) is 5.26 Å². The molecule has 0 saturated heterocycles. The average molecular weight is 386 g/mol. The molecule has 7 heteroatoms. The minimum Gasteiger partial charge on any atom is -0.384 e. The lowest BCUT2D eigenvalue weighted by Crippen LogP contribution is -2.38. The average Bonchev–Trinajstić information content (AvgIpc) is 2.74. The van der Waals surface area contributed by atoms with Gasteiger partial charge in [0.25, 0.3) is 5.69 Å². The number of allylic oxidation sites excluding steroid dienone is 3. The van der Waals surface area contributed by atoms with Crippen molar-refractivity contribution in [3.8, 4) is 6.07 Å². The Balaban J connectivity index is 1.92. The smallest absolute Gasteiger partial charge is 0.269 e. The molecule has 7 nitrogen and oxygen atoms in total. The molecule has 1 aliphatic heterocycles. The monoisotopic (exact) mass is 386 g/mol. The maximum atomic E-state index is 13.0. The first-order valence-electron chi connectivity index (χ1n) is 9.28. The number of carbonyl (C=O) groups excluding carboxylic acids is 1. The molecule has 2 aromatic rings. The Kier molecular flexibility index (Phi) is 4.61. The van der Waals surface area contributed by atoms with Crippen LogP contribution in [0.3, 0.4) is 0 Å². The maximum absolute atomic E-state index is 13.0. The van der Waals surface area contributed by atoms with Gasteiger partial charge in [-0.1, -0.05) is 30.3 Å². The van der Waals surface area contributed by atoms with Crippen LogP contribution in [-0.2, 0) is 4.79 Å². The summed E-state index contributed by atoms with van der Waals surface area (Å²) in [6.45, 7) is 0. The van der Waals surface area contributed by atoms with Gasteiger partial charge in [-0.3, -0.25) is 19.8 Å². The number of nitrogens with two attached hydrogens (primary N) is 1. The molecule has 0 aromatic heterocycles. The molecule has 2 N–H and O–H groups in total. The van der Waals surface area contributed by atoms with Gasteiger partial charge in [0.15, 0.2) is 5.78 Å². The minimum absolute atomic E-state index is 0.0178. The predicted molar refractivity (Wildman–Crippen MR) is 107 cm³/mol. The van der Waals surface area contributed by atoms with Crippen LogP contribution in [0.2, 0.25) is 0 Å². The summed E-state index contributed by atoms with van der Waals surface area (Å²) >= 11 is 0. The van der Waals surface area contributed by atoms with Gasteiger partial charge in [-0.2, -0.15) is 5.26 Å². The van der Waals surface area contributed by atoms with E-state index in [2.05, 4.69) is 6.07 Å². The quantitative estimate of drug-likeness (QED) is 0.632. The van der Waals surface area contributed by atoms with Gasteiger partial charge in [0.1, 0.15) is 5.82 Å². The molecule has 0 radical (unpaired) electrons. The maximum Gasteiger partial charge on any atom is 0.269 e. The first-order valence-corrected chi connectivity index (χ1v) is 9.28. The highest BCUT2D eigenvalue weighted by atomic mass is 16.6. The van der Waals surface area contributed by atoms with E-state index < -0.39 is 10.8 Å². The number of ketones is 1. The van der Waals surface area contributed by atoms with E-state index in [9.17, 15) is 20.2 Å². The molecule has 1 atom stereocenters. The largest absolute Gasteiger partial charge is 0.384 e. The third kappa shape index (κ3) is 3.05. The Labute approximate surface area is 167 Å². The fourth-order valence-corrected chi connectivity index (χ4v) is 4.08. The zero-order valence-corrected chi connectivity index (χ0v) is 15.5. The van der Waals surface area contributed by atoms with Gasteiger partial charge >= 0.3 is 0 Å². The number of nitro groups is 1. The number of Topliss-reactive ketones (excluding diaryl/α,β-unsaturated/α-hetero) is 1. The van der Waals surface area contributed by atoms with Crippen molar-refractivity contribution in [3.63, 3.8) is 0 Å². The van der Waals surface area contributed by atoms with Crippen LogP contribution in [0.15, 0.2) is 77.3 Å². The van der Waals surface area contributed by atoms with E-state index in [1.54, 1.807) is 17.0 Å². The van der Waals surface area contributed by atoms with E-state index in [4.69, 9.17) is 5.73 Å². The summed E-state index contributed by atoms with van der Waals surface area (Å²) < 4.78 is 0. The molecular weight excluding hydrogens is 368 g/mol. The highest BCUT2D eigenvalue weighted by Crippen LogP contribution is 2.46. The molecule has 0 fully saturated rings. The van der Waals surface area contributed by atoms with Crippen LogP contribution in [0.1, 0.15) is 30.7 Å². The first kappa shape index (κ1) is 18.4. The molecule has 0 bridgehead atoms. The Hall–Kier alpha value is -3.92. The fraction of sp³-hybridized carbons (Fsp3) is 0.182. The minimum atomic E-state index is -0.622. The molecule has 1 aliphatic carbocycles. The molecular formula is C22H18N4O3. The molecule has 29 heavy (non-hydrogen) atoms. The normalized spacial score (nSPS) is 19.1. The van der Waals surface area contributed by atoms with Crippen LogP contribution >= 0.6 is 0 Å². The zero-order chi connectivity index (χ0) is 20.5. The van der Waals surface area contributed by atoms with Gasteiger partial charge in [-0.15, -0.1) is 0 Å². The summed E-state index contributed by atoms with van der Waals surface area (Å²) in [6, 6.07) is 17.6. The molecule has 0 saturated carbocycles. The number of nitro benzene ring substituents is 1. The van der Waals surface area contributed by atoms with Gasteiger partial charge < -0.3 is 5.73 Å². The second-order valence-corrected chi connectivity index (χ2v) is 7.00. The lowest BCUT2D eigenvalue weighted by atomic mass is 9.75. The number of para-hydroxylation sites is 1. The molecule has 4 rings (SSSR count). The Morgan fingerprint density at radius 3 is 2.41 bits per heavy atom. The molecule has 2 aliphatic rings. The van der Waals surface area contributed by atoms with Crippen LogP contribution in [0, 0.1) is 21.4 Å². The Morgan fingerprint density at radius 1 is 1.10 bits per heavy atom. The number of hydrogen-bond donors (Lipinski definition) is 1. The first-order chi connectivity index (χ1) is 14.0. The van der Waals surface area contributed by atoms with Crippen LogP contribution in [-0.4, -0.2) is 10.7 Å². The van der Waals surface area contributed by atoms with E-state index in [-0.39, 0.29) is 22.9 Å². The number of rotatable bonds is 3. The predicted octanol–water partition coefficient (Wildman–Crippen LogP) is 3.90. The SMILES string of the molecule is N#CC1=C(N)N(c2ccccc2)C2=C(C(=O)CCC2)C1c1ccc([N+](=O)[O-])cc1. The molecule has 0 spiro atoms. The van der Waals surface area contributed by atoms with Gasteiger partial charge in [0.05, 0.1) is 22.5 Å². The summed E-state index contributed by atoms with van der Waals surface area (Å²) in [6.07, 6.45) is 1.78. The fourth-order valence-electron chi connectivity index (χ4n) is 4.08. The van der Waals surface area contributed by atoms with E-state index in [1.807, 2.05) is 30.3 Å². The van der Waals surface area contributed by atoms with Crippen molar-refractivity contribution in [1.82, 2.24) is 0 Å². The molecule has 1 heterocycles.